The highest BCUT2D eigenvalue weighted by Gasteiger charge is 2.10. The van der Waals surface area contributed by atoms with Gasteiger partial charge in [0, 0.05) is 30.2 Å². The molecule has 0 atom stereocenters. The first-order valence-electron chi connectivity index (χ1n) is 7.88. The molecule has 0 aliphatic carbocycles. The number of nitrogens with two attached hydrogens (primary N) is 1. The van der Waals surface area contributed by atoms with E-state index in [2.05, 4.69) is 16.0 Å². The van der Waals surface area contributed by atoms with E-state index < -0.39 is 15.9 Å². The Morgan fingerprint density at radius 2 is 1.46 bits per heavy atom. The van der Waals surface area contributed by atoms with E-state index in [1.807, 2.05) is 0 Å². The van der Waals surface area contributed by atoms with Crippen LogP contribution in [-0.4, -0.2) is 20.2 Å². The fourth-order valence-electron chi connectivity index (χ4n) is 2.08. The molecule has 0 bridgehead atoms. The van der Waals surface area contributed by atoms with Gasteiger partial charge in [-0.05, 0) is 48.5 Å². The molecule has 0 unspecified atom stereocenters. The van der Waals surface area contributed by atoms with Crippen molar-refractivity contribution in [2.24, 2.45) is 5.14 Å². The molecular weight excluding hydrogens is 382 g/mol. The third-order valence-corrected chi connectivity index (χ3v) is 4.32. The van der Waals surface area contributed by atoms with Crippen molar-refractivity contribution in [1.29, 1.82) is 5.26 Å². The molecule has 9 nitrogen and oxygen atoms in total. The van der Waals surface area contributed by atoms with E-state index in [9.17, 15) is 23.3 Å². The molecule has 2 aromatic rings. The monoisotopic (exact) mass is 399 g/mol. The van der Waals surface area contributed by atoms with Gasteiger partial charge in [-0.2, -0.15) is 5.26 Å². The molecule has 0 saturated heterocycles. The minimum atomic E-state index is -3.80. The Kier molecular flexibility index (Phi) is 6.49. The van der Waals surface area contributed by atoms with Crippen LogP contribution in [0.25, 0.3) is 0 Å². The Labute approximate surface area is 161 Å². The molecule has 0 aliphatic rings. The van der Waals surface area contributed by atoms with Gasteiger partial charge in [0.15, 0.2) is 0 Å². The van der Waals surface area contributed by atoms with Crippen LogP contribution >= 0.6 is 0 Å². The average molecular weight is 399 g/mol. The molecule has 0 radical (unpaired) electrons. The number of anilines is 3. The van der Waals surface area contributed by atoms with Crippen molar-refractivity contribution in [1.82, 2.24) is 0 Å². The Balaban J connectivity index is 2.04. The van der Waals surface area contributed by atoms with Crippen molar-refractivity contribution in [2.45, 2.75) is 11.8 Å². The van der Waals surface area contributed by atoms with Gasteiger partial charge in [0.2, 0.25) is 15.9 Å². The molecule has 2 aromatic carbocycles. The first-order valence-corrected chi connectivity index (χ1v) is 9.42. The molecule has 0 heterocycles. The molecule has 2 amide bonds. The van der Waals surface area contributed by atoms with Crippen LogP contribution in [0.4, 0.5) is 17.1 Å². The number of carbonyl (C=O) groups is 2. The van der Waals surface area contributed by atoms with Gasteiger partial charge < -0.3 is 16.0 Å². The zero-order valence-electron chi connectivity index (χ0n) is 14.8. The van der Waals surface area contributed by atoms with Crippen molar-refractivity contribution in [3.63, 3.8) is 0 Å². The van der Waals surface area contributed by atoms with Crippen LogP contribution in [0.1, 0.15) is 6.92 Å². The molecule has 28 heavy (non-hydrogen) atoms. The Morgan fingerprint density at radius 3 is 1.93 bits per heavy atom. The quantitative estimate of drug-likeness (QED) is 0.428. The summed E-state index contributed by atoms with van der Waals surface area (Å²) in [6.45, 7) is 1.38. The van der Waals surface area contributed by atoms with Crippen LogP contribution in [0.15, 0.2) is 65.2 Å². The first-order chi connectivity index (χ1) is 13.2. The molecular formula is C18H17N5O4S. The second kappa shape index (κ2) is 8.81. The third-order valence-electron chi connectivity index (χ3n) is 3.39. The minimum absolute atomic E-state index is 0.0528. The summed E-state index contributed by atoms with van der Waals surface area (Å²) in [5, 5.41) is 22.1. The summed E-state index contributed by atoms with van der Waals surface area (Å²) in [4.78, 5) is 23.1. The average Bonchev–Trinajstić information content (AvgIpc) is 2.63. The second-order valence-electron chi connectivity index (χ2n) is 5.60. The summed E-state index contributed by atoms with van der Waals surface area (Å²) < 4.78 is 22.4. The van der Waals surface area contributed by atoms with Crippen LogP contribution in [0, 0.1) is 11.3 Å². The summed E-state index contributed by atoms with van der Waals surface area (Å²) in [5.41, 5.74) is 1.29. The number of nitriles is 1. The zero-order chi connectivity index (χ0) is 20.7. The van der Waals surface area contributed by atoms with Crippen molar-refractivity contribution in [2.75, 3.05) is 16.0 Å². The van der Waals surface area contributed by atoms with E-state index in [0.29, 0.717) is 17.1 Å². The van der Waals surface area contributed by atoms with Gasteiger partial charge in [-0.25, -0.2) is 13.6 Å². The van der Waals surface area contributed by atoms with Gasteiger partial charge in [-0.15, -0.1) is 0 Å². The number of rotatable bonds is 6. The van der Waals surface area contributed by atoms with Crippen molar-refractivity contribution in [3.8, 4) is 6.07 Å². The lowest BCUT2D eigenvalue weighted by Crippen LogP contribution is -2.14. The summed E-state index contributed by atoms with van der Waals surface area (Å²) >= 11 is 0. The largest absolute Gasteiger partial charge is 0.360 e. The summed E-state index contributed by atoms with van der Waals surface area (Å²) in [6, 6.07) is 13.7. The van der Waals surface area contributed by atoms with Gasteiger partial charge in [0.05, 0.1) is 4.90 Å². The normalized spacial score (nSPS) is 11.2. The minimum Gasteiger partial charge on any atom is -0.360 e. The van der Waals surface area contributed by atoms with Crippen LogP contribution in [-0.2, 0) is 19.6 Å². The Morgan fingerprint density at radius 1 is 0.964 bits per heavy atom. The van der Waals surface area contributed by atoms with E-state index >= 15 is 0 Å². The first kappa shape index (κ1) is 20.6. The molecule has 5 N–H and O–H groups in total. The smallest absolute Gasteiger partial charge is 0.267 e. The number of benzene rings is 2. The molecule has 10 heteroatoms. The van der Waals surface area contributed by atoms with E-state index in [4.69, 9.17) is 5.14 Å². The number of nitrogens with one attached hydrogen (secondary N) is 3. The molecule has 0 aromatic heterocycles. The van der Waals surface area contributed by atoms with E-state index in [1.54, 1.807) is 30.3 Å². The molecule has 2 rings (SSSR count). The molecule has 0 spiro atoms. The highest BCUT2D eigenvalue weighted by Crippen LogP contribution is 2.15. The van der Waals surface area contributed by atoms with Gasteiger partial charge >= 0.3 is 0 Å². The topological polar surface area (TPSA) is 154 Å². The van der Waals surface area contributed by atoms with Crippen LogP contribution < -0.4 is 21.1 Å². The lowest BCUT2D eigenvalue weighted by Gasteiger charge is -2.07. The van der Waals surface area contributed by atoms with Crippen LogP contribution in [0.3, 0.4) is 0 Å². The van der Waals surface area contributed by atoms with Crippen LogP contribution in [0.5, 0.6) is 0 Å². The highest BCUT2D eigenvalue weighted by atomic mass is 32.2. The summed E-state index contributed by atoms with van der Waals surface area (Å²) in [7, 11) is -3.80. The zero-order valence-corrected chi connectivity index (χ0v) is 15.6. The van der Waals surface area contributed by atoms with Crippen molar-refractivity contribution >= 4 is 38.9 Å². The van der Waals surface area contributed by atoms with Gasteiger partial charge in [-0.3, -0.25) is 9.59 Å². The standard InChI is InChI=1S/C18H17N5O4S/c1-12(24)22-15-2-4-16(5-3-15)23-18(25)13(10-19)11-21-14-6-8-17(9-7-14)28(20,26)27/h2-9,11,21H,1H3,(H,22,24)(H,23,25)(H2,20,26,27)/b13-11-. The van der Waals surface area contributed by atoms with E-state index in [0.717, 1.165) is 0 Å². The van der Waals surface area contributed by atoms with Gasteiger partial charge in [0.25, 0.3) is 5.91 Å². The maximum absolute atomic E-state index is 12.2. The maximum Gasteiger partial charge on any atom is 0.267 e. The summed E-state index contributed by atoms with van der Waals surface area (Å²) in [6.07, 6.45) is 1.20. The number of nitrogens with zero attached hydrogens (tertiary/aromatic N) is 1. The predicted molar refractivity (Wildman–Crippen MR) is 105 cm³/mol. The number of hydrogen-bond donors (Lipinski definition) is 4. The predicted octanol–water partition coefficient (Wildman–Crippen LogP) is 1.75. The van der Waals surface area contributed by atoms with Gasteiger partial charge in [0.1, 0.15) is 11.6 Å². The Bertz CT molecular complexity index is 1050. The second-order valence-corrected chi connectivity index (χ2v) is 7.16. The lowest BCUT2D eigenvalue weighted by molar-refractivity contribution is -0.114. The number of carbonyl (C=O) groups excluding carboxylic acids is 2. The fraction of sp³-hybridized carbons (Fsp3) is 0.0556. The molecule has 0 fully saturated rings. The maximum atomic E-state index is 12.2. The highest BCUT2D eigenvalue weighted by molar-refractivity contribution is 7.89. The SMILES string of the molecule is CC(=O)Nc1ccc(NC(=O)/C(C#N)=C\Nc2ccc(S(N)(=O)=O)cc2)cc1. The van der Waals surface area contributed by atoms with E-state index in [1.165, 1.54) is 37.4 Å². The molecule has 0 saturated carbocycles. The number of sulfonamides is 1. The third kappa shape index (κ3) is 5.94. The summed E-state index contributed by atoms with van der Waals surface area (Å²) in [5.74, 6) is -0.849. The van der Waals surface area contributed by atoms with E-state index in [-0.39, 0.29) is 16.4 Å². The van der Waals surface area contributed by atoms with Crippen molar-refractivity contribution < 1.29 is 18.0 Å². The molecule has 0 aliphatic heterocycles. The number of amides is 2. The van der Waals surface area contributed by atoms with Crippen molar-refractivity contribution in [3.05, 3.63) is 60.3 Å². The number of hydrogen-bond acceptors (Lipinski definition) is 6. The van der Waals surface area contributed by atoms with Gasteiger partial charge in [-0.1, -0.05) is 0 Å². The number of primary sulfonamides is 1. The molecule has 144 valence electrons. The Hall–Kier alpha value is -3.68. The fourth-order valence-corrected chi connectivity index (χ4v) is 2.60. The van der Waals surface area contributed by atoms with Crippen LogP contribution in [0.2, 0.25) is 0 Å². The lowest BCUT2D eigenvalue weighted by atomic mass is 10.2.